The number of ketones is 1. The van der Waals surface area contributed by atoms with Crippen molar-refractivity contribution in [3.8, 4) is 0 Å². The molecule has 1 aromatic carbocycles. The first kappa shape index (κ1) is 12.9. The molecular formula is C12H14N2O3. The van der Waals surface area contributed by atoms with Crippen LogP contribution in [0.4, 0.5) is 0 Å². The Balaban J connectivity index is 3.07. The van der Waals surface area contributed by atoms with Gasteiger partial charge in [-0.3, -0.25) is 4.79 Å². The molecule has 0 radical (unpaired) electrons. The zero-order chi connectivity index (χ0) is 12.7. The molecule has 0 aliphatic heterocycles. The molecule has 90 valence electrons. The van der Waals surface area contributed by atoms with Gasteiger partial charge in [-0.05, 0) is 6.42 Å². The van der Waals surface area contributed by atoms with E-state index >= 15 is 0 Å². The van der Waals surface area contributed by atoms with E-state index in [9.17, 15) is 4.79 Å². The van der Waals surface area contributed by atoms with E-state index < -0.39 is 0 Å². The predicted octanol–water partition coefficient (Wildman–Crippen LogP) is 2.06. The summed E-state index contributed by atoms with van der Waals surface area (Å²) in [7, 11) is 0. The van der Waals surface area contributed by atoms with Gasteiger partial charge in [0, 0.05) is 12.0 Å². The molecule has 1 aromatic rings. The lowest BCUT2D eigenvalue weighted by Crippen LogP contribution is -2.25. The van der Waals surface area contributed by atoms with Crippen LogP contribution >= 0.6 is 0 Å². The van der Waals surface area contributed by atoms with E-state index in [0.29, 0.717) is 12.0 Å². The van der Waals surface area contributed by atoms with Gasteiger partial charge in [0.1, 0.15) is 5.71 Å². The number of rotatable bonds is 5. The lowest BCUT2D eigenvalue weighted by Gasteiger charge is -2.05. The zero-order valence-electron chi connectivity index (χ0n) is 9.50. The van der Waals surface area contributed by atoms with Crippen molar-refractivity contribution >= 4 is 17.2 Å². The van der Waals surface area contributed by atoms with Crippen molar-refractivity contribution in [2.45, 2.75) is 19.8 Å². The average Bonchev–Trinajstić information content (AvgIpc) is 2.37. The molecular weight excluding hydrogens is 220 g/mol. The van der Waals surface area contributed by atoms with Crippen molar-refractivity contribution in [3.05, 3.63) is 35.9 Å². The monoisotopic (exact) mass is 234 g/mol. The van der Waals surface area contributed by atoms with Gasteiger partial charge in [0.2, 0.25) is 0 Å². The van der Waals surface area contributed by atoms with Crippen molar-refractivity contribution in [3.63, 3.8) is 0 Å². The molecule has 0 unspecified atom stereocenters. The summed E-state index contributed by atoms with van der Waals surface area (Å²) in [6.45, 7) is 1.84. The number of carbonyl (C=O) groups is 1. The normalized spacial score (nSPS) is 12.5. The lowest BCUT2D eigenvalue weighted by molar-refractivity contribution is -0.112. The highest BCUT2D eigenvalue weighted by molar-refractivity contribution is 6.70. The topological polar surface area (TPSA) is 82.2 Å². The molecule has 0 heterocycles. The molecule has 0 bridgehead atoms. The maximum Gasteiger partial charge on any atom is 0.186 e. The Morgan fingerprint density at radius 2 is 1.82 bits per heavy atom. The second-order valence-corrected chi connectivity index (χ2v) is 3.44. The third kappa shape index (κ3) is 3.14. The highest BCUT2D eigenvalue weighted by Crippen LogP contribution is 2.05. The Bertz CT molecular complexity index is 438. The minimum absolute atomic E-state index is 0.0217. The highest BCUT2D eigenvalue weighted by Gasteiger charge is 2.20. The molecule has 0 fully saturated rings. The molecule has 0 aromatic heterocycles. The minimum atomic E-state index is -0.355. The number of hydrogen-bond donors (Lipinski definition) is 2. The van der Waals surface area contributed by atoms with Crippen LogP contribution in [0.15, 0.2) is 40.6 Å². The molecule has 1 rings (SSSR count). The van der Waals surface area contributed by atoms with Gasteiger partial charge in [-0.2, -0.15) is 0 Å². The molecule has 17 heavy (non-hydrogen) atoms. The Labute approximate surface area is 99.1 Å². The summed E-state index contributed by atoms with van der Waals surface area (Å²) in [6, 6.07) is 8.60. The van der Waals surface area contributed by atoms with Crippen molar-refractivity contribution in [1.29, 1.82) is 0 Å². The quantitative estimate of drug-likeness (QED) is 0.464. The Morgan fingerprint density at radius 1 is 1.18 bits per heavy atom. The number of benzene rings is 1. The zero-order valence-corrected chi connectivity index (χ0v) is 9.50. The highest BCUT2D eigenvalue weighted by atomic mass is 16.4. The van der Waals surface area contributed by atoms with Gasteiger partial charge in [-0.15, -0.1) is 0 Å². The van der Waals surface area contributed by atoms with E-state index in [1.165, 1.54) is 0 Å². The van der Waals surface area contributed by atoms with Gasteiger partial charge < -0.3 is 10.4 Å². The van der Waals surface area contributed by atoms with Gasteiger partial charge in [0.15, 0.2) is 11.5 Å². The van der Waals surface area contributed by atoms with E-state index in [4.69, 9.17) is 10.4 Å². The van der Waals surface area contributed by atoms with Gasteiger partial charge in [0.25, 0.3) is 0 Å². The van der Waals surface area contributed by atoms with Crippen LogP contribution in [0, 0.1) is 0 Å². The molecule has 5 heteroatoms. The maximum absolute atomic E-state index is 11.7. The van der Waals surface area contributed by atoms with Crippen LogP contribution in [0.1, 0.15) is 25.3 Å². The van der Waals surface area contributed by atoms with E-state index in [0.717, 1.165) is 0 Å². The summed E-state index contributed by atoms with van der Waals surface area (Å²) in [5.41, 5.74) is 0.277. The summed E-state index contributed by atoms with van der Waals surface area (Å²) < 4.78 is 0. The standard InChI is InChI=1S/C12H14N2O3/c1-2-6-10(15)12(14-17)11(13-16)9-7-4-3-5-8-9/h3-5,7-8,16-17H,2,6H2,1H3. The maximum atomic E-state index is 11.7. The molecule has 0 aliphatic rings. The Hall–Kier alpha value is -2.17. The molecule has 0 saturated heterocycles. The van der Waals surface area contributed by atoms with E-state index in [2.05, 4.69) is 10.3 Å². The summed E-state index contributed by atoms with van der Waals surface area (Å²) in [4.78, 5) is 11.7. The molecule has 5 nitrogen and oxygen atoms in total. The van der Waals surface area contributed by atoms with Crippen LogP contribution in [0.2, 0.25) is 0 Å². The second kappa shape index (κ2) is 6.42. The smallest absolute Gasteiger partial charge is 0.186 e. The summed E-state index contributed by atoms with van der Waals surface area (Å²) in [5.74, 6) is -0.355. The third-order valence-corrected chi connectivity index (χ3v) is 2.21. The fourth-order valence-electron chi connectivity index (χ4n) is 1.42. The van der Waals surface area contributed by atoms with Crippen molar-refractivity contribution in [2.24, 2.45) is 10.3 Å². The molecule has 0 saturated carbocycles. The molecule has 2 N–H and O–H groups in total. The SMILES string of the molecule is CCCC(=O)C(=NO)C(=NO)c1ccccc1. The predicted molar refractivity (Wildman–Crippen MR) is 63.9 cm³/mol. The van der Waals surface area contributed by atoms with E-state index in [1.807, 2.05) is 6.92 Å². The van der Waals surface area contributed by atoms with E-state index in [-0.39, 0.29) is 23.6 Å². The Morgan fingerprint density at radius 3 is 2.29 bits per heavy atom. The van der Waals surface area contributed by atoms with Crippen LogP contribution in [0.5, 0.6) is 0 Å². The second-order valence-electron chi connectivity index (χ2n) is 3.44. The van der Waals surface area contributed by atoms with Crippen LogP contribution < -0.4 is 0 Å². The molecule has 0 amide bonds. The third-order valence-electron chi connectivity index (χ3n) is 2.21. The summed E-state index contributed by atoms with van der Waals surface area (Å²) >= 11 is 0. The number of nitrogens with zero attached hydrogens (tertiary/aromatic N) is 2. The number of Topliss-reactive ketones (excluding diaryl/α,β-unsaturated/α-hetero) is 1. The fourth-order valence-corrected chi connectivity index (χ4v) is 1.42. The van der Waals surface area contributed by atoms with Crippen molar-refractivity contribution in [1.82, 2.24) is 0 Å². The summed E-state index contributed by atoms with van der Waals surface area (Å²) in [5, 5.41) is 23.8. The molecule has 0 spiro atoms. The van der Waals surface area contributed by atoms with Crippen LogP contribution in [0.3, 0.4) is 0 Å². The number of hydrogen-bond acceptors (Lipinski definition) is 5. The lowest BCUT2D eigenvalue weighted by atomic mass is 10.0. The van der Waals surface area contributed by atoms with E-state index in [1.54, 1.807) is 30.3 Å². The molecule has 0 atom stereocenters. The van der Waals surface area contributed by atoms with Crippen LogP contribution in [-0.4, -0.2) is 27.6 Å². The minimum Gasteiger partial charge on any atom is -0.410 e. The average molecular weight is 234 g/mol. The van der Waals surface area contributed by atoms with Gasteiger partial charge in [-0.25, -0.2) is 0 Å². The Kier molecular flexibility index (Phi) is 4.87. The van der Waals surface area contributed by atoms with Gasteiger partial charge in [0.05, 0.1) is 0 Å². The van der Waals surface area contributed by atoms with Crippen molar-refractivity contribution < 1.29 is 15.2 Å². The van der Waals surface area contributed by atoms with Gasteiger partial charge >= 0.3 is 0 Å². The first-order valence-corrected chi connectivity index (χ1v) is 5.27. The fraction of sp³-hybridized carbons (Fsp3) is 0.250. The number of oxime groups is 2. The number of carbonyl (C=O) groups excluding carboxylic acids is 1. The van der Waals surface area contributed by atoms with Crippen LogP contribution in [0.25, 0.3) is 0 Å². The first-order valence-electron chi connectivity index (χ1n) is 5.27. The largest absolute Gasteiger partial charge is 0.410 e. The summed E-state index contributed by atoms with van der Waals surface area (Å²) in [6.07, 6.45) is 0.872. The first-order chi connectivity index (χ1) is 8.24. The molecule has 0 aliphatic carbocycles. The van der Waals surface area contributed by atoms with Gasteiger partial charge in [-0.1, -0.05) is 47.6 Å². The van der Waals surface area contributed by atoms with Crippen LogP contribution in [-0.2, 0) is 4.79 Å². The van der Waals surface area contributed by atoms with Crippen molar-refractivity contribution in [2.75, 3.05) is 0 Å².